The molecule has 0 saturated carbocycles. The van der Waals surface area contributed by atoms with Crippen LogP contribution in [0, 0.1) is 0 Å². The van der Waals surface area contributed by atoms with Gasteiger partial charge in [-0.1, -0.05) is 0 Å². The van der Waals surface area contributed by atoms with Crippen molar-refractivity contribution in [1.82, 2.24) is 9.80 Å². The lowest BCUT2D eigenvalue weighted by Gasteiger charge is -2.47. The molecule has 26 heavy (non-hydrogen) atoms. The van der Waals surface area contributed by atoms with Gasteiger partial charge in [-0.25, -0.2) is 0 Å². The zero-order valence-corrected chi connectivity index (χ0v) is 16.4. The maximum Gasteiger partial charge on any atom is 0.143 e. The smallest absolute Gasteiger partial charge is 0.143 e. The van der Waals surface area contributed by atoms with Gasteiger partial charge < -0.3 is 25.2 Å². The van der Waals surface area contributed by atoms with Crippen molar-refractivity contribution < 1.29 is 4.74 Å². The van der Waals surface area contributed by atoms with E-state index in [1.165, 1.54) is 63.8 Å². The molecule has 3 aliphatic rings. The van der Waals surface area contributed by atoms with Crippen LogP contribution in [-0.4, -0.2) is 68.3 Å². The second kappa shape index (κ2) is 7.28. The molecule has 1 aromatic rings. The fourth-order valence-corrected chi connectivity index (χ4v) is 5.40. The van der Waals surface area contributed by atoms with Crippen molar-refractivity contribution in [2.24, 2.45) is 0 Å². The lowest BCUT2D eigenvalue weighted by molar-refractivity contribution is 0.0432. The Morgan fingerprint density at radius 2 is 1.77 bits per heavy atom. The van der Waals surface area contributed by atoms with Gasteiger partial charge in [-0.3, -0.25) is 0 Å². The van der Waals surface area contributed by atoms with E-state index in [1.807, 2.05) is 6.07 Å². The predicted octanol–water partition coefficient (Wildman–Crippen LogP) is 2.81. The van der Waals surface area contributed by atoms with Gasteiger partial charge >= 0.3 is 0 Å². The van der Waals surface area contributed by atoms with Crippen LogP contribution in [0.4, 0.5) is 11.4 Å². The monoisotopic (exact) mass is 358 g/mol. The van der Waals surface area contributed by atoms with Gasteiger partial charge in [0.15, 0.2) is 0 Å². The molecule has 3 fully saturated rings. The van der Waals surface area contributed by atoms with Crippen LogP contribution in [-0.2, 0) is 0 Å². The van der Waals surface area contributed by atoms with Crippen LogP contribution in [0.25, 0.3) is 0 Å². The van der Waals surface area contributed by atoms with Crippen LogP contribution in [0.1, 0.15) is 38.5 Å². The van der Waals surface area contributed by atoms with Crippen molar-refractivity contribution in [2.75, 3.05) is 57.5 Å². The third-order valence-electron chi connectivity index (χ3n) is 7.24. The van der Waals surface area contributed by atoms with Crippen molar-refractivity contribution in [2.45, 2.75) is 50.1 Å². The zero-order chi connectivity index (χ0) is 18.1. The standard InChI is InChI=1S/C21H34N4O/c1-23-11-3-8-21(23)9-14-25(15-10-21)17-6-12-24(13-7-17)18-4-5-19(22)20(16-18)26-2/h4-5,16-17H,3,6-15,22H2,1-2H3. The number of hydrogen-bond donors (Lipinski definition) is 1. The molecule has 2 N–H and O–H groups in total. The molecule has 0 unspecified atom stereocenters. The molecule has 0 bridgehead atoms. The Kier molecular flexibility index (Phi) is 5.02. The van der Waals surface area contributed by atoms with Crippen LogP contribution >= 0.6 is 0 Å². The highest BCUT2D eigenvalue weighted by atomic mass is 16.5. The largest absolute Gasteiger partial charge is 0.495 e. The fraction of sp³-hybridized carbons (Fsp3) is 0.714. The third kappa shape index (κ3) is 3.27. The summed E-state index contributed by atoms with van der Waals surface area (Å²) in [5.74, 6) is 0.784. The number of anilines is 2. The van der Waals surface area contributed by atoms with E-state index in [4.69, 9.17) is 10.5 Å². The minimum absolute atomic E-state index is 0.526. The first-order valence-corrected chi connectivity index (χ1v) is 10.3. The molecule has 0 radical (unpaired) electrons. The van der Waals surface area contributed by atoms with Crippen molar-refractivity contribution in [1.29, 1.82) is 0 Å². The molecule has 0 aliphatic carbocycles. The summed E-state index contributed by atoms with van der Waals surface area (Å²) in [6.45, 7) is 6.11. The first-order chi connectivity index (χ1) is 12.6. The van der Waals surface area contributed by atoms with Crippen molar-refractivity contribution in [3.05, 3.63) is 18.2 Å². The molecule has 0 atom stereocenters. The molecular weight excluding hydrogens is 324 g/mol. The number of hydrogen-bond acceptors (Lipinski definition) is 5. The number of methoxy groups -OCH3 is 1. The Balaban J connectivity index is 1.32. The van der Waals surface area contributed by atoms with Crippen LogP contribution in [0.5, 0.6) is 5.75 Å². The van der Waals surface area contributed by atoms with E-state index < -0.39 is 0 Å². The average molecular weight is 359 g/mol. The highest BCUT2D eigenvalue weighted by Crippen LogP contribution is 2.38. The number of rotatable bonds is 3. The summed E-state index contributed by atoms with van der Waals surface area (Å²) >= 11 is 0. The van der Waals surface area contributed by atoms with Crippen molar-refractivity contribution >= 4 is 11.4 Å². The SMILES string of the molecule is COc1cc(N2CCC(N3CCC4(CCCN4C)CC3)CC2)ccc1N. The summed E-state index contributed by atoms with van der Waals surface area (Å²) in [4.78, 5) is 7.90. The lowest BCUT2D eigenvalue weighted by Crippen LogP contribution is -2.54. The third-order valence-corrected chi connectivity index (χ3v) is 7.24. The highest BCUT2D eigenvalue weighted by molar-refractivity contribution is 5.62. The Labute approximate surface area is 158 Å². The molecule has 0 aromatic heterocycles. The molecule has 0 amide bonds. The molecule has 5 heteroatoms. The van der Waals surface area contributed by atoms with Crippen molar-refractivity contribution in [3.63, 3.8) is 0 Å². The highest BCUT2D eigenvalue weighted by Gasteiger charge is 2.42. The summed E-state index contributed by atoms with van der Waals surface area (Å²) in [5.41, 5.74) is 8.43. The van der Waals surface area contributed by atoms with Gasteiger partial charge in [0.2, 0.25) is 0 Å². The van der Waals surface area contributed by atoms with Gasteiger partial charge in [0.05, 0.1) is 12.8 Å². The Morgan fingerprint density at radius 3 is 2.38 bits per heavy atom. The molecule has 4 rings (SSSR count). The van der Waals surface area contributed by atoms with Gasteiger partial charge in [-0.15, -0.1) is 0 Å². The lowest BCUT2D eigenvalue weighted by atomic mass is 9.84. The minimum Gasteiger partial charge on any atom is -0.495 e. The molecular formula is C21H34N4O. The number of benzene rings is 1. The summed E-state index contributed by atoms with van der Waals surface area (Å²) in [7, 11) is 4.02. The molecule has 3 saturated heterocycles. The van der Waals surface area contributed by atoms with Gasteiger partial charge in [-0.05, 0) is 64.3 Å². The number of nitrogen functional groups attached to an aromatic ring is 1. The number of ether oxygens (including phenoxy) is 1. The molecule has 144 valence electrons. The quantitative estimate of drug-likeness (QED) is 0.842. The summed E-state index contributed by atoms with van der Waals surface area (Å²) in [6.07, 6.45) is 8.04. The van der Waals surface area contributed by atoms with E-state index >= 15 is 0 Å². The topological polar surface area (TPSA) is 45.0 Å². The van der Waals surface area contributed by atoms with Gasteiger partial charge in [-0.2, -0.15) is 0 Å². The maximum absolute atomic E-state index is 5.95. The molecule has 5 nitrogen and oxygen atoms in total. The second-order valence-corrected chi connectivity index (χ2v) is 8.43. The van der Waals surface area contributed by atoms with Crippen LogP contribution in [0.2, 0.25) is 0 Å². The maximum atomic E-state index is 5.95. The molecule has 3 heterocycles. The zero-order valence-electron chi connectivity index (χ0n) is 16.4. The summed E-state index contributed by atoms with van der Waals surface area (Å²) < 4.78 is 5.38. The predicted molar refractivity (Wildman–Crippen MR) is 108 cm³/mol. The number of piperidine rings is 2. The van der Waals surface area contributed by atoms with E-state index in [0.717, 1.165) is 24.9 Å². The van der Waals surface area contributed by atoms with Crippen molar-refractivity contribution in [3.8, 4) is 5.75 Å². The normalized spacial score (nSPS) is 25.1. The van der Waals surface area contributed by atoms with E-state index in [1.54, 1.807) is 7.11 Å². The van der Waals surface area contributed by atoms with E-state index in [0.29, 0.717) is 11.2 Å². The molecule has 3 aliphatic heterocycles. The van der Waals surface area contributed by atoms with Crippen LogP contribution in [0.15, 0.2) is 18.2 Å². The van der Waals surface area contributed by atoms with E-state index in [-0.39, 0.29) is 0 Å². The summed E-state index contributed by atoms with van der Waals surface area (Å²) in [5, 5.41) is 0. The van der Waals surface area contributed by atoms with Gasteiger partial charge in [0, 0.05) is 49.5 Å². The molecule has 1 aromatic carbocycles. The number of likely N-dealkylation sites (tertiary alicyclic amines) is 2. The first kappa shape index (κ1) is 17.9. The Morgan fingerprint density at radius 1 is 1.04 bits per heavy atom. The Bertz CT molecular complexity index is 618. The average Bonchev–Trinajstić information content (AvgIpc) is 3.03. The van der Waals surface area contributed by atoms with Crippen LogP contribution in [0.3, 0.4) is 0 Å². The fourth-order valence-electron chi connectivity index (χ4n) is 5.40. The van der Waals surface area contributed by atoms with E-state index in [2.05, 4.69) is 33.9 Å². The number of nitrogens with zero attached hydrogens (tertiary/aromatic N) is 3. The van der Waals surface area contributed by atoms with Gasteiger partial charge in [0.25, 0.3) is 0 Å². The van der Waals surface area contributed by atoms with Gasteiger partial charge in [0.1, 0.15) is 5.75 Å². The summed E-state index contributed by atoms with van der Waals surface area (Å²) in [6, 6.07) is 6.92. The Hall–Kier alpha value is -1.46. The van der Waals surface area contributed by atoms with E-state index in [9.17, 15) is 0 Å². The molecule has 1 spiro atoms. The number of nitrogens with two attached hydrogens (primary N) is 1. The first-order valence-electron chi connectivity index (χ1n) is 10.3. The van der Waals surface area contributed by atoms with Crippen LogP contribution < -0.4 is 15.4 Å². The minimum atomic E-state index is 0.526. The second-order valence-electron chi connectivity index (χ2n) is 8.43.